The zero-order valence-electron chi connectivity index (χ0n) is 42.9. The molecule has 0 aromatic rings. The van der Waals surface area contributed by atoms with Crippen molar-refractivity contribution < 1.29 is 44.2 Å². The zero-order valence-corrected chi connectivity index (χ0v) is 42.9. The first-order valence-electron chi connectivity index (χ1n) is 27.5. The SMILES string of the molecule is CC/C=C\C/C=C\C/C=C\C/C=C\C/C=C\C/C=C\CCCCCCCCCOCC(COC1OC(CO)C(O)C(O)C1O)OC(=O)CCCCCCCCCCCCCCCCCCCC. The maximum Gasteiger partial charge on any atom is 0.306 e. The van der Waals surface area contributed by atoms with Gasteiger partial charge in [0.2, 0.25) is 0 Å². The monoisotopic (exact) mass is 943 g/mol. The van der Waals surface area contributed by atoms with Crippen molar-refractivity contribution in [3.8, 4) is 0 Å². The summed E-state index contributed by atoms with van der Waals surface area (Å²) < 4.78 is 22.9. The van der Waals surface area contributed by atoms with Gasteiger partial charge in [-0.25, -0.2) is 0 Å². The number of allylic oxidation sites excluding steroid dienone is 12. The highest BCUT2D eigenvalue weighted by Gasteiger charge is 2.44. The Labute approximate surface area is 410 Å². The van der Waals surface area contributed by atoms with E-state index in [4.69, 9.17) is 18.9 Å². The third-order valence-corrected chi connectivity index (χ3v) is 12.4. The first-order chi connectivity index (χ1) is 32.9. The standard InChI is InChI=1S/C58H102O9/c1-3-5-7-9-11-13-15-17-19-21-23-24-25-26-27-28-29-30-32-34-36-38-40-42-44-46-48-64-50-52(51-65-58-57(63)56(62)55(61)53(49-59)67-58)66-54(60)47-45-43-41-39-37-35-33-31-22-20-18-16-14-12-10-8-6-4-2/h5,7,11,13,17,19,23-24,26-27,29-30,52-53,55-59,61-63H,3-4,6,8-10,12,14-16,18,20-22,25,28,31-51H2,1-2H3/b7-5-,13-11-,19-17-,24-23-,27-26-,30-29-. The van der Waals surface area contributed by atoms with Crippen LogP contribution in [0, 0.1) is 0 Å². The summed E-state index contributed by atoms with van der Waals surface area (Å²) >= 11 is 0. The molecule has 9 nitrogen and oxygen atoms in total. The summed E-state index contributed by atoms with van der Waals surface area (Å²) in [6.07, 6.45) is 57.9. The van der Waals surface area contributed by atoms with Gasteiger partial charge in [0.1, 0.15) is 30.5 Å². The van der Waals surface area contributed by atoms with E-state index in [2.05, 4.69) is 86.8 Å². The lowest BCUT2D eigenvalue weighted by atomic mass is 9.99. The van der Waals surface area contributed by atoms with Gasteiger partial charge in [-0.2, -0.15) is 0 Å². The second-order valence-electron chi connectivity index (χ2n) is 18.7. The third kappa shape index (κ3) is 39.1. The quantitative estimate of drug-likeness (QED) is 0.0267. The predicted molar refractivity (Wildman–Crippen MR) is 279 cm³/mol. The van der Waals surface area contributed by atoms with E-state index in [1.54, 1.807) is 0 Å². The first-order valence-corrected chi connectivity index (χ1v) is 27.5. The Morgan fingerprint density at radius 2 is 0.910 bits per heavy atom. The molecule has 0 amide bonds. The smallest absolute Gasteiger partial charge is 0.306 e. The summed E-state index contributed by atoms with van der Waals surface area (Å²) in [4.78, 5) is 12.9. The number of hydrogen-bond donors (Lipinski definition) is 4. The second-order valence-corrected chi connectivity index (χ2v) is 18.7. The summed E-state index contributed by atoms with van der Waals surface area (Å²) in [5, 5.41) is 40.3. The number of unbranched alkanes of at least 4 members (excludes halogenated alkanes) is 24. The number of aliphatic hydroxyl groups is 4. The molecule has 1 rings (SSSR count). The molecule has 1 aliphatic rings. The van der Waals surface area contributed by atoms with Crippen molar-refractivity contribution in [1.82, 2.24) is 0 Å². The summed E-state index contributed by atoms with van der Waals surface area (Å²) in [5.74, 6) is -0.316. The molecule has 0 aliphatic carbocycles. The molecule has 0 bridgehead atoms. The van der Waals surface area contributed by atoms with Crippen molar-refractivity contribution >= 4 is 5.97 Å². The fraction of sp³-hybridized carbons (Fsp3) is 0.776. The van der Waals surface area contributed by atoms with Gasteiger partial charge in [0, 0.05) is 13.0 Å². The Hall–Kier alpha value is -2.37. The van der Waals surface area contributed by atoms with E-state index < -0.39 is 43.4 Å². The minimum atomic E-state index is -1.54. The minimum Gasteiger partial charge on any atom is -0.457 e. The molecular formula is C58H102O9. The van der Waals surface area contributed by atoms with Crippen LogP contribution in [-0.2, 0) is 23.7 Å². The number of hydrogen-bond acceptors (Lipinski definition) is 9. The van der Waals surface area contributed by atoms with Gasteiger partial charge in [-0.05, 0) is 64.2 Å². The number of carbonyl (C=O) groups excluding carboxylic acids is 1. The van der Waals surface area contributed by atoms with E-state index in [1.807, 2.05) is 0 Å². The average molecular weight is 943 g/mol. The Morgan fingerprint density at radius 3 is 1.37 bits per heavy atom. The fourth-order valence-corrected chi connectivity index (χ4v) is 8.14. The molecule has 1 fully saturated rings. The average Bonchev–Trinajstić information content (AvgIpc) is 3.33. The van der Waals surface area contributed by atoms with E-state index >= 15 is 0 Å². The maximum absolute atomic E-state index is 12.9. The van der Waals surface area contributed by atoms with Crippen molar-refractivity contribution in [1.29, 1.82) is 0 Å². The third-order valence-electron chi connectivity index (χ3n) is 12.4. The summed E-state index contributed by atoms with van der Waals surface area (Å²) in [5.41, 5.74) is 0. The van der Waals surface area contributed by atoms with Gasteiger partial charge in [-0.1, -0.05) is 228 Å². The molecule has 0 spiro atoms. The molecule has 1 heterocycles. The lowest BCUT2D eigenvalue weighted by Gasteiger charge is -2.39. The van der Waals surface area contributed by atoms with Crippen LogP contribution in [0.1, 0.15) is 226 Å². The molecule has 6 atom stereocenters. The Balaban J connectivity index is 2.19. The van der Waals surface area contributed by atoms with E-state index in [1.165, 1.54) is 122 Å². The van der Waals surface area contributed by atoms with Crippen LogP contribution < -0.4 is 0 Å². The normalized spacial score (nSPS) is 19.8. The van der Waals surface area contributed by atoms with E-state index in [-0.39, 0.29) is 19.2 Å². The lowest BCUT2D eigenvalue weighted by molar-refractivity contribution is -0.305. The highest BCUT2D eigenvalue weighted by Crippen LogP contribution is 2.23. The van der Waals surface area contributed by atoms with Crippen LogP contribution in [-0.4, -0.2) is 89.6 Å². The zero-order chi connectivity index (χ0) is 48.5. The molecule has 0 aromatic heterocycles. The summed E-state index contributed by atoms with van der Waals surface area (Å²) in [6.45, 7) is 4.44. The van der Waals surface area contributed by atoms with Crippen molar-refractivity contribution in [2.24, 2.45) is 0 Å². The molecule has 0 saturated carbocycles. The van der Waals surface area contributed by atoms with Gasteiger partial charge in [-0.3, -0.25) is 4.79 Å². The number of aliphatic hydroxyl groups excluding tert-OH is 4. The molecule has 388 valence electrons. The number of carbonyl (C=O) groups is 1. The second kappa shape index (κ2) is 48.6. The molecule has 0 radical (unpaired) electrons. The Morgan fingerprint density at radius 1 is 0.493 bits per heavy atom. The van der Waals surface area contributed by atoms with Crippen LogP contribution in [0.5, 0.6) is 0 Å². The molecule has 1 saturated heterocycles. The van der Waals surface area contributed by atoms with E-state index in [9.17, 15) is 25.2 Å². The van der Waals surface area contributed by atoms with Gasteiger partial charge in [0.25, 0.3) is 0 Å². The van der Waals surface area contributed by atoms with Gasteiger partial charge in [0.05, 0.1) is 19.8 Å². The number of ether oxygens (including phenoxy) is 4. The molecular weight excluding hydrogens is 841 g/mol. The highest BCUT2D eigenvalue weighted by atomic mass is 16.7. The summed E-state index contributed by atoms with van der Waals surface area (Å²) in [7, 11) is 0. The molecule has 0 aromatic carbocycles. The molecule has 1 aliphatic heterocycles. The van der Waals surface area contributed by atoms with E-state index in [0.717, 1.165) is 83.5 Å². The van der Waals surface area contributed by atoms with Crippen LogP contribution in [0.15, 0.2) is 72.9 Å². The Kier molecular flexibility index (Phi) is 45.5. The maximum atomic E-state index is 12.9. The van der Waals surface area contributed by atoms with Gasteiger partial charge >= 0.3 is 5.97 Å². The van der Waals surface area contributed by atoms with Crippen molar-refractivity contribution in [3.05, 3.63) is 72.9 Å². The van der Waals surface area contributed by atoms with Crippen LogP contribution in [0.4, 0.5) is 0 Å². The van der Waals surface area contributed by atoms with Crippen molar-refractivity contribution in [2.45, 2.75) is 263 Å². The van der Waals surface area contributed by atoms with E-state index in [0.29, 0.717) is 13.0 Å². The lowest BCUT2D eigenvalue weighted by Crippen LogP contribution is -2.59. The number of esters is 1. The Bertz CT molecular complexity index is 1260. The largest absolute Gasteiger partial charge is 0.457 e. The predicted octanol–water partition coefficient (Wildman–Crippen LogP) is 14.0. The van der Waals surface area contributed by atoms with Crippen LogP contribution >= 0.6 is 0 Å². The van der Waals surface area contributed by atoms with Gasteiger partial charge in [0.15, 0.2) is 6.29 Å². The van der Waals surface area contributed by atoms with Crippen molar-refractivity contribution in [2.75, 3.05) is 26.4 Å². The minimum absolute atomic E-state index is 0.119. The molecule has 67 heavy (non-hydrogen) atoms. The highest BCUT2D eigenvalue weighted by molar-refractivity contribution is 5.69. The van der Waals surface area contributed by atoms with Crippen molar-refractivity contribution in [3.63, 3.8) is 0 Å². The van der Waals surface area contributed by atoms with Gasteiger partial charge in [-0.15, -0.1) is 0 Å². The number of rotatable bonds is 47. The first kappa shape index (κ1) is 62.6. The molecule has 9 heteroatoms. The van der Waals surface area contributed by atoms with Crippen LogP contribution in [0.3, 0.4) is 0 Å². The fourth-order valence-electron chi connectivity index (χ4n) is 8.14. The van der Waals surface area contributed by atoms with Gasteiger partial charge < -0.3 is 39.4 Å². The molecule has 6 unspecified atom stereocenters. The van der Waals surface area contributed by atoms with Crippen LogP contribution in [0.25, 0.3) is 0 Å². The molecule has 4 N–H and O–H groups in total. The topological polar surface area (TPSA) is 135 Å². The van der Waals surface area contributed by atoms with Crippen LogP contribution in [0.2, 0.25) is 0 Å². The summed E-state index contributed by atoms with van der Waals surface area (Å²) in [6, 6.07) is 0.